The van der Waals surface area contributed by atoms with Crippen molar-refractivity contribution in [2.24, 2.45) is 5.10 Å². The molecule has 0 rings (SSSR count). The van der Waals surface area contributed by atoms with Crippen LogP contribution >= 0.6 is 0 Å². The molecule has 0 heterocycles. The lowest BCUT2D eigenvalue weighted by molar-refractivity contribution is 0.0673. The Kier molecular flexibility index (Phi) is 4.59. The Bertz CT molecular complexity index is 171. The summed E-state index contributed by atoms with van der Waals surface area (Å²) in [6.45, 7) is 9.81. The van der Waals surface area contributed by atoms with Crippen LogP contribution in [0.3, 0.4) is 0 Å². The minimum atomic E-state index is -0.284. The summed E-state index contributed by atoms with van der Waals surface area (Å²) in [5, 5.41) is 3.95. The highest BCUT2D eigenvalue weighted by molar-refractivity contribution is 5.66. The lowest BCUT2D eigenvalue weighted by Crippen LogP contribution is -2.28. The van der Waals surface area contributed by atoms with E-state index < -0.39 is 0 Å². The first-order valence-electron chi connectivity index (χ1n) is 4.41. The van der Waals surface area contributed by atoms with Crippen LogP contribution in [0.4, 0.5) is 0 Å². The zero-order valence-corrected chi connectivity index (χ0v) is 9.34. The fourth-order valence-electron chi connectivity index (χ4n) is 0.554. The van der Waals surface area contributed by atoms with Crippen molar-refractivity contribution < 1.29 is 9.47 Å². The molecule has 0 atom stereocenters. The largest absolute Gasteiger partial charge is 0.453 e. The van der Waals surface area contributed by atoms with Crippen molar-refractivity contribution in [3.63, 3.8) is 0 Å². The maximum Gasteiger partial charge on any atom is 0.405 e. The number of rotatable bonds is 2. The van der Waals surface area contributed by atoms with Crippen LogP contribution in [-0.2, 0) is 9.47 Å². The first-order chi connectivity index (χ1) is 5.85. The molecule has 4 heteroatoms. The van der Waals surface area contributed by atoms with Crippen molar-refractivity contribution in [2.45, 2.75) is 46.3 Å². The summed E-state index contributed by atoms with van der Waals surface area (Å²) in [5.74, 6) is 0. The summed E-state index contributed by atoms with van der Waals surface area (Å²) >= 11 is 0. The fraction of sp³-hybridized carbons (Fsp3) is 0.889. The molecule has 13 heavy (non-hydrogen) atoms. The molecule has 0 saturated heterocycles. The second-order valence-corrected chi connectivity index (χ2v) is 4.08. The molecule has 4 nitrogen and oxygen atoms in total. The van der Waals surface area contributed by atoms with Crippen LogP contribution in [0, 0.1) is 0 Å². The maximum absolute atomic E-state index is 5.40. The maximum atomic E-state index is 5.40. The van der Waals surface area contributed by atoms with Gasteiger partial charge in [0.15, 0.2) is 0 Å². The Labute approximate surface area is 80.3 Å². The minimum Gasteiger partial charge on any atom is -0.453 e. The molecule has 0 aliphatic heterocycles. The van der Waals surface area contributed by atoms with Gasteiger partial charge in [0, 0.05) is 6.04 Å². The highest BCUT2D eigenvalue weighted by Gasteiger charge is 2.15. The van der Waals surface area contributed by atoms with Crippen LogP contribution in [0.25, 0.3) is 0 Å². The smallest absolute Gasteiger partial charge is 0.405 e. The number of methoxy groups -OCH3 is 1. The van der Waals surface area contributed by atoms with Crippen LogP contribution in [0.2, 0.25) is 0 Å². The van der Waals surface area contributed by atoms with Gasteiger partial charge in [-0.05, 0) is 34.6 Å². The SMILES string of the molecule is CO/C(=N/NC(C)C)OC(C)(C)C. The van der Waals surface area contributed by atoms with Gasteiger partial charge < -0.3 is 14.9 Å². The third kappa shape index (κ3) is 7.43. The normalized spacial score (nSPS) is 13.0. The lowest BCUT2D eigenvalue weighted by atomic mass is 10.2. The molecule has 0 amide bonds. The molecule has 0 radical (unpaired) electrons. The Balaban J connectivity index is 4.10. The second-order valence-electron chi connectivity index (χ2n) is 4.08. The van der Waals surface area contributed by atoms with Gasteiger partial charge in [-0.25, -0.2) is 0 Å². The number of hydrogen-bond acceptors (Lipinski definition) is 4. The van der Waals surface area contributed by atoms with Gasteiger partial charge in [0.1, 0.15) is 5.60 Å². The van der Waals surface area contributed by atoms with Crippen LogP contribution in [0.1, 0.15) is 34.6 Å². The fourth-order valence-corrected chi connectivity index (χ4v) is 0.554. The molecule has 0 spiro atoms. The average Bonchev–Trinajstić information content (AvgIpc) is 1.95. The van der Waals surface area contributed by atoms with Gasteiger partial charge in [-0.3, -0.25) is 0 Å². The summed E-state index contributed by atoms with van der Waals surface area (Å²) in [6, 6.07) is 0.272. The predicted molar refractivity (Wildman–Crippen MR) is 53.6 cm³/mol. The van der Waals surface area contributed by atoms with Crippen LogP contribution in [0.15, 0.2) is 5.10 Å². The van der Waals surface area contributed by atoms with E-state index in [9.17, 15) is 0 Å². The molecule has 1 N–H and O–H groups in total. The van der Waals surface area contributed by atoms with Crippen LogP contribution in [0.5, 0.6) is 0 Å². The van der Waals surface area contributed by atoms with Gasteiger partial charge in [-0.2, -0.15) is 0 Å². The van der Waals surface area contributed by atoms with E-state index in [2.05, 4.69) is 10.5 Å². The second kappa shape index (κ2) is 4.94. The van der Waals surface area contributed by atoms with E-state index in [1.165, 1.54) is 7.11 Å². The summed E-state index contributed by atoms with van der Waals surface area (Å²) < 4.78 is 10.3. The third-order valence-electron chi connectivity index (χ3n) is 0.982. The number of ether oxygens (including phenoxy) is 2. The third-order valence-corrected chi connectivity index (χ3v) is 0.982. The standard InChI is InChI=1S/C9H20N2O2/c1-7(2)10-11-8(12-6)13-9(3,4)5/h7,10H,1-6H3/b11-8-. The van der Waals surface area contributed by atoms with Crippen molar-refractivity contribution in [3.8, 4) is 0 Å². The number of nitrogens with zero attached hydrogens (tertiary/aromatic N) is 1. The highest BCUT2D eigenvalue weighted by atomic mass is 16.7. The van der Waals surface area contributed by atoms with E-state index in [4.69, 9.17) is 9.47 Å². The molecule has 0 unspecified atom stereocenters. The molecule has 78 valence electrons. The van der Waals surface area contributed by atoms with Crippen molar-refractivity contribution in [1.82, 2.24) is 5.43 Å². The van der Waals surface area contributed by atoms with Gasteiger partial charge in [0.05, 0.1) is 7.11 Å². The van der Waals surface area contributed by atoms with Gasteiger partial charge in [0.2, 0.25) is 0 Å². The van der Waals surface area contributed by atoms with E-state index in [1.54, 1.807) is 0 Å². The summed E-state index contributed by atoms with van der Waals surface area (Å²) in [4.78, 5) is 0. The Morgan fingerprint density at radius 3 is 2.15 bits per heavy atom. The summed E-state index contributed by atoms with van der Waals surface area (Å²) in [5.41, 5.74) is 2.57. The van der Waals surface area contributed by atoms with Gasteiger partial charge in [-0.1, -0.05) is 0 Å². The molecule has 0 saturated carbocycles. The number of hydrogen-bond donors (Lipinski definition) is 1. The van der Waals surface area contributed by atoms with E-state index in [1.807, 2.05) is 34.6 Å². The molecule has 0 aliphatic carbocycles. The van der Waals surface area contributed by atoms with Gasteiger partial charge in [-0.15, -0.1) is 5.10 Å². The monoisotopic (exact) mass is 188 g/mol. The van der Waals surface area contributed by atoms with E-state index >= 15 is 0 Å². The Morgan fingerprint density at radius 2 is 1.85 bits per heavy atom. The zero-order chi connectivity index (χ0) is 10.5. The molecular formula is C9H20N2O2. The molecule has 0 aliphatic rings. The predicted octanol–water partition coefficient (Wildman–Crippen LogP) is 1.72. The summed E-state index contributed by atoms with van der Waals surface area (Å²) in [6.07, 6.45) is 0.265. The molecule has 0 bridgehead atoms. The van der Waals surface area contributed by atoms with Crippen LogP contribution in [-0.4, -0.2) is 24.8 Å². The van der Waals surface area contributed by atoms with Crippen molar-refractivity contribution in [1.29, 1.82) is 0 Å². The molecule has 0 aromatic carbocycles. The zero-order valence-electron chi connectivity index (χ0n) is 9.34. The number of hydrazone groups is 1. The van der Waals surface area contributed by atoms with Gasteiger partial charge >= 0.3 is 6.08 Å². The van der Waals surface area contributed by atoms with E-state index in [-0.39, 0.29) is 17.7 Å². The Morgan fingerprint density at radius 1 is 1.31 bits per heavy atom. The lowest BCUT2D eigenvalue weighted by Gasteiger charge is -2.20. The van der Waals surface area contributed by atoms with E-state index in [0.29, 0.717) is 0 Å². The highest BCUT2D eigenvalue weighted by Crippen LogP contribution is 2.07. The molecule has 0 aromatic rings. The Hall–Kier alpha value is -0.930. The quantitative estimate of drug-likeness (QED) is 0.407. The molecular weight excluding hydrogens is 168 g/mol. The van der Waals surface area contributed by atoms with Gasteiger partial charge in [0.25, 0.3) is 0 Å². The van der Waals surface area contributed by atoms with E-state index in [0.717, 1.165) is 0 Å². The van der Waals surface area contributed by atoms with Crippen molar-refractivity contribution >= 4 is 6.08 Å². The summed E-state index contributed by atoms with van der Waals surface area (Å²) in [7, 11) is 1.53. The average molecular weight is 188 g/mol. The first-order valence-corrected chi connectivity index (χ1v) is 4.41. The number of nitrogens with one attached hydrogen (secondary N) is 1. The molecule has 0 fully saturated rings. The van der Waals surface area contributed by atoms with Crippen molar-refractivity contribution in [2.75, 3.05) is 7.11 Å². The topological polar surface area (TPSA) is 42.8 Å². The van der Waals surface area contributed by atoms with Crippen LogP contribution < -0.4 is 5.43 Å². The van der Waals surface area contributed by atoms with Crippen molar-refractivity contribution in [3.05, 3.63) is 0 Å². The molecule has 0 aromatic heterocycles. The minimum absolute atomic E-state index is 0.265. The first kappa shape index (κ1) is 12.1.